The van der Waals surface area contributed by atoms with Crippen molar-refractivity contribution in [2.45, 2.75) is 108 Å². The maximum absolute atomic E-state index is 6.69. The molecule has 1 saturated heterocycles. The van der Waals surface area contributed by atoms with Gasteiger partial charge in [0, 0.05) is 0 Å². The molecule has 0 spiro atoms. The third-order valence-corrected chi connectivity index (χ3v) is 8.14. The van der Waals surface area contributed by atoms with E-state index < -0.39 is 33.3 Å². The van der Waals surface area contributed by atoms with Gasteiger partial charge in [-0.3, -0.25) is 0 Å². The van der Waals surface area contributed by atoms with E-state index in [0.717, 1.165) is 0 Å². The van der Waals surface area contributed by atoms with E-state index in [1.54, 1.807) is 0 Å². The van der Waals surface area contributed by atoms with Crippen LogP contribution in [0.3, 0.4) is 0 Å². The first-order chi connectivity index (χ1) is 12.3. The van der Waals surface area contributed by atoms with Crippen molar-refractivity contribution in [1.29, 1.82) is 0 Å². The van der Waals surface area contributed by atoms with Crippen molar-refractivity contribution in [2.75, 3.05) is 6.61 Å². The zero-order valence-corrected chi connectivity index (χ0v) is 25.0. The quantitative estimate of drug-likeness (QED) is 0.362. The predicted octanol–water partition coefficient (Wildman–Crippen LogP) is 5.15. The maximum Gasteiger partial charge on any atom is 0.184 e. The summed E-state index contributed by atoms with van der Waals surface area (Å²) in [6, 6.07) is 0. The molecule has 0 aromatic carbocycles. The Bertz CT molecular complexity index is 496. The van der Waals surface area contributed by atoms with Crippen LogP contribution in [0.25, 0.3) is 0 Å². The second-order valence-electron chi connectivity index (χ2n) is 11.6. The molecule has 0 saturated carbocycles. The molecule has 1 rings (SSSR count). The lowest BCUT2D eigenvalue weighted by molar-refractivity contribution is -0.188. The molecule has 1 aliphatic heterocycles. The smallest absolute Gasteiger partial charge is 0.184 e. The standard InChI is InChI=1S/C18H44O5SSi4/c1-25(2,3)19-13-14-15(21-26(4,5)6)16(22-27(7,8)9)17(18(24)20-14)23-28(10,11)12/h14-18,24H,13H2,1-12H3/t14-,15-,16+,17+,18?/m1/s1. The van der Waals surface area contributed by atoms with Crippen molar-refractivity contribution in [3.05, 3.63) is 0 Å². The van der Waals surface area contributed by atoms with Gasteiger partial charge in [-0.25, -0.2) is 0 Å². The average Bonchev–Trinajstić information content (AvgIpc) is 2.39. The summed E-state index contributed by atoms with van der Waals surface area (Å²) in [7, 11) is -7.20. The van der Waals surface area contributed by atoms with Gasteiger partial charge in [0.15, 0.2) is 33.3 Å². The normalized spacial score (nSPS) is 30.5. The molecule has 10 heteroatoms. The fourth-order valence-electron chi connectivity index (χ4n) is 2.99. The third-order valence-electron chi connectivity index (χ3n) is 3.76. The second-order valence-corrected chi connectivity index (χ2v) is 30.0. The molecule has 0 amide bonds. The summed E-state index contributed by atoms with van der Waals surface area (Å²) in [6.45, 7) is 26.9. The van der Waals surface area contributed by atoms with Gasteiger partial charge < -0.3 is 22.4 Å². The molecule has 1 aliphatic rings. The highest BCUT2D eigenvalue weighted by molar-refractivity contribution is 7.80. The molecule has 0 N–H and O–H groups in total. The molecule has 0 radical (unpaired) electrons. The van der Waals surface area contributed by atoms with Crippen molar-refractivity contribution in [2.24, 2.45) is 0 Å². The number of ether oxygens (including phenoxy) is 1. The first kappa shape index (κ1) is 27.1. The molecule has 1 heterocycles. The molecule has 1 unspecified atom stereocenters. The lowest BCUT2D eigenvalue weighted by atomic mass is 10.0. The van der Waals surface area contributed by atoms with Gasteiger partial charge in [0.1, 0.15) is 29.9 Å². The Morgan fingerprint density at radius 2 is 1.00 bits per heavy atom. The Morgan fingerprint density at radius 1 is 0.607 bits per heavy atom. The van der Waals surface area contributed by atoms with E-state index in [-0.39, 0.29) is 29.9 Å². The van der Waals surface area contributed by atoms with Gasteiger partial charge in [0.25, 0.3) is 0 Å². The monoisotopic (exact) mass is 484 g/mol. The molecular formula is C18H44O5SSi4. The SMILES string of the molecule is C[Si](C)(C)OC[C@H]1OC(S)[C@@H](O[Si](C)(C)C)[C@@H](O[Si](C)(C)C)[C@@H]1O[Si](C)(C)C. The van der Waals surface area contributed by atoms with E-state index in [1.165, 1.54) is 0 Å². The van der Waals surface area contributed by atoms with Crippen molar-refractivity contribution in [3.8, 4) is 0 Å². The number of rotatable bonds is 9. The van der Waals surface area contributed by atoms with Crippen LogP contribution in [0, 0.1) is 0 Å². The molecule has 1 fully saturated rings. The first-order valence-corrected chi connectivity index (χ1v) is 24.4. The highest BCUT2D eigenvalue weighted by Crippen LogP contribution is 2.35. The van der Waals surface area contributed by atoms with Gasteiger partial charge in [-0.1, -0.05) is 0 Å². The van der Waals surface area contributed by atoms with Crippen LogP contribution in [-0.4, -0.2) is 69.7 Å². The lowest BCUT2D eigenvalue weighted by Gasteiger charge is -2.50. The van der Waals surface area contributed by atoms with Gasteiger partial charge in [0.2, 0.25) is 0 Å². The van der Waals surface area contributed by atoms with E-state index in [2.05, 4.69) is 78.6 Å². The number of thiol groups is 1. The molecule has 5 atom stereocenters. The van der Waals surface area contributed by atoms with Crippen LogP contribution in [-0.2, 0) is 22.4 Å². The summed E-state index contributed by atoms with van der Waals surface area (Å²) in [6.07, 6.45) is -0.855. The Kier molecular flexibility index (Phi) is 9.33. The highest BCUT2D eigenvalue weighted by Gasteiger charge is 2.50. The van der Waals surface area contributed by atoms with Crippen LogP contribution >= 0.6 is 12.6 Å². The summed E-state index contributed by atoms with van der Waals surface area (Å²) < 4.78 is 32.4. The van der Waals surface area contributed by atoms with Crippen molar-refractivity contribution in [1.82, 2.24) is 0 Å². The summed E-state index contributed by atoms with van der Waals surface area (Å²) in [5, 5.41) is 0. The molecule has 0 bridgehead atoms. The molecular weight excluding hydrogens is 441 g/mol. The Hall–Kier alpha value is 1.02. The minimum absolute atomic E-state index is 0.198. The largest absolute Gasteiger partial charge is 0.415 e. The van der Waals surface area contributed by atoms with Gasteiger partial charge in [-0.05, 0) is 78.6 Å². The second kappa shape index (κ2) is 9.66. The summed E-state index contributed by atoms with van der Waals surface area (Å²) in [5.41, 5.74) is -0.357. The van der Waals surface area contributed by atoms with Crippen LogP contribution < -0.4 is 0 Å². The molecule has 28 heavy (non-hydrogen) atoms. The lowest BCUT2D eigenvalue weighted by Crippen LogP contribution is -2.65. The average molecular weight is 485 g/mol. The van der Waals surface area contributed by atoms with Crippen molar-refractivity contribution < 1.29 is 22.4 Å². The summed E-state index contributed by atoms with van der Waals surface area (Å²) >= 11 is 4.78. The topological polar surface area (TPSA) is 46.2 Å². The van der Waals surface area contributed by atoms with E-state index in [0.29, 0.717) is 6.61 Å². The Labute approximate surface area is 183 Å². The van der Waals surface area contributed by atoms with Crippen LogP contribution in [0.15, 0.2) is 0 Å². The predicted molar refractivity (Wildman–Crippen MR) is 132 cm³/mol. The minimum atomic E-state index is -1.85. The summed E-state index contributed by atoms with van der Waals surface area (Å²) in [5.74, 6) is 0. The van der Waals surface area contributed by atoms with Crippen LogP contribution in [0.5, 0.6) is 0 Å². The van der Waals surface area contributed by atoms with E-state index in [4.69, 9.17) is 35.1 Å². The van der Waals surface area contributed by atoms with Gasteiger partial charge in [0.05, 0.1) is 6.61 Å². The molecule has 0 aromatic rings. The fourth-order valence-corrected chi connectivity index (χ4v) is 7.42. The molecule has 168 valence electrons. The van der Waals surface area contributed by atoms with Gasteiger partial charge >= 0.3 is 0 Å². The van der Waals surface area contributed by atoms with Crippen LogP contribution in [0.1, 0.15) is 0 Å². The first-order valence-electron chi connectivity index (χ1n) is 10.3. The fraction of sp³-hybridized carbons (Fsp3) is 1.00. The molecule has 0 aliphatic carbocycles. The maximum atomic E-state index is 6.69. The summed E-state index contributed by atoms with van der Waals surface area (Å²) in [4.78, 5) is 0. The number of hydrogen-bond acceptors (Lipinski definition) is 6. The van der Waals surface area contributed by atoms with E-state index >= 15 is 0 Å². The van der Waals surface area contributed by atoms with Crippen molar-refractivity contribution >= 4 is 45.9 Å². The van der Waals surface area contributed by atoms with Crippen molar-refractivity contribution in [3.63, 3.8) is 0 Å². The zero-order valence-electron chi connectivity index (χ0n) is 20.1. The van der Waals surface area contributed by atoms with Gasteiger partial charge in [-0.15, -0.1) is 12.6 Å². The molecule has 0 aromatic heterocycles. The third kappa shape index (κ3) is 10.4. The van der Waals surface area contributed by atoms with Crippen LogP contribution in [0.4, 0.5) is 0 Å². The minimum Gasteiger partial charge on any atom is -0.415 e. The van der Waals surface area contributed by atoms with Gasteiger partial charge in [-0.2, -0.15) is 0 Å². The molecule has 5 nitrogen and oxygen atoms in total. The van der Waals surface area contributed by atoms with E-state index in [9.17, 15) is 0 Å². The van der Waals surface area contributed by atoms with E-state index in [1.807, 2.05) is 0 Å². The Balaban J connectivity index is 3.26. The Morgan fingerprint density at radius 3 is 1.39 bits per heavy atom. The zero-order chi connectivity index (χ0) is 22.1. The van der Waals surface area contributed by atoms with Crippen LogP contribution in [0.2, 0.25) is 78.6 Å². The number of hydrogen-bond donors (Lipinski definition) is 1. The highest BCUT2D eigenvalue weighted by atomic mass is 32.1.